The lowest BCUT2D eigenvalue weighted by Crippen LogP contribution is -2.52. The molecule has 0 radical (unpaired) electrons. The number of ether oxygens (including phenoxy) is 2. The molecule has 158 valence electrons. The highest BCUT2D eigenvalue weighted by atomic mass is 16.6. The normalized spacial score (nSPS) is 12.3. The van der Waals surface area contributed by atoms with E-state index in [1.807, 2.05) is 0 Å². The van der Waals surface area contributed by atoms with E-state index < -0.39 is 36.0 Å². The zero-order chi connectivity index (χ0) is 22.3. The lowest BCUT2D eigenvalue weighted by atomic mass is 10.1. The van der Waals surface area contributed by atoms with Gasteiger partial charge in [-0.05, 0) is 24.3 Å². The molecule has 0 saturated heterocycles. The summed E-state index contributed by atoms with van der Waals surface area (Å²) in [4.78, 5) is 53.0. The lowest BCUT2D eigenvalue weighted by molar-refractivity contribution is -0.156. The van der Waals surface area contributed by atoms with E-state index in [0.29, 0.717) is 0 Å². The van der Waals surface area contributed by atoms with Crippen molar-refractivity contribution in [2.45, 2.75) is 12.2 Å². The Labute approximate surface area is 175 Å². The molecule has 8 heteroatoms. The first-order valence-corrected chi connectivity index (χ1v) is 9.16. The largest absolute Gasteiger partial charge is 0.444 e. The Balaban J connectivity index is 2.39. The molecule has 0 fully saturated rings. The van der Waals surface area contributed by atoms with E-state index in [1.165, 1.54) is 52.5 Å². The van der Waals surface area contributed by atoms with Gasteiger partial charge in [-0.25, -0.2) is 9.59 Å². The average molecular weight is 412 g/mol. The molecule has 2 amide bonds. The zero-order valence-corrected chi connectivity index (χ0v) is 17.3. The van der Waals surface area contributed by atoms with Gasteiger partial charge in [0, 0.05) is 28.2 Å². The fraction of sp³-hybridized carbons (Fsp3) is 0.273. The van der Waals surface area contributed by atoms with Gasteiger partial charge in [0.1, 0.15) is 0 Å². The van der Waals surface area contributed by atoms with Gasteiger partial charge in [0.2, 0.25) is 12.2 Å². The van der Waals surface area contributed by atoms with E-state index in [4.69, 9.17) is 9.47 Å². The number of likely N-dealkylation sites (N-methyl/N-ethyl adjacent to an activating group) is 2. The Morgan fingerprint density at radius 2 is 0.900 bits per heavy atom. The molecule has 2 atom stereocenters. The maximum atomic E-state index is 12.8. The molecule has 0 bridgehead atoms. The highest BCUT2D eigenvalue weighted by molar-refractivity contribution is 5.98. The van der Waals surface area contributed by atoms with Crippen molar-refractivity contribution in [3.05, 3.63) is 71.8 Å². The molecule has 30 heavy (non-hydrogen) atoms. The van der Waals surface area contributed by atoms with Crippen LogP contribution in [0.25, 0.3) is 0 Å². The van der Waals surface area contributed by atoms with Gasteiger partial charge in [0.05, 0.1) is 11.1 Å². The lowest BCUT2D eigenvalue weighted by Gasteiger charge is -2.29. The highest BCUT2D eigenvalue weighted by Crippen LogP contribution is 2.16. The third-order valence-electron chi connectivity index (χ3n) is 4.13. The second-order valence-electron chi connectivity index (χ2n) is 6.85. The van der Waals surface area contributed by atoms with Crippen molar-refractivity contribution in [2.24, 2.45) is 0 Å². The monoisotopic (exact) mass is 412 g/mol. The van der Waals surface area contributed by atoms with Crippen LogP contribution in [0.1, 0.15) is 20.7 Å². The molecule has 0 heterocycles. The number of hydrogen-bond acceptors (Lipinski definition) is 6. The second kappa shape index (κ2) is 10.2. The maximum Gasteiger partial charge on any atom is 0.339 e. The van der Waals surface area contributed by atoms with Crippen LogP contribution in [0, 0.1) is 0 Å². The number of amides is 2. The van der Waals surface area contributed by atoms with Gasteiger partial charge in [0.25, 0.3) is 11.8 Å². The van der Waals surface area contributed by atoms with Gasteiger partial charge in [0.15, 0.2) is 0 Å². The second-order valence-corrected chi connectivity index (χ2v) is 6.85. The predicted octanol–water partition coefficient (Wildman–Crippen LogP) is 1.61. The van der Waals surface area contributed by atoms with Crippen molar-refractivity contribution in [3.8, 4) is 0 Å². The van der Waals surface area contributed by atoms with Gasteiger partial charge in [-0.15, -0.1) is 0 Å². The number of rotatable bonds is 7. The summed E-state index contributed by atoms with van der Waals surface area (Å²) in [6.07, 6.45) is -3.31. The number of carbonyl (C=O) groups excluding carboxylic acids is 4. The summed E-state index contributed by atoms with van der Waals surface area (Å²) in [5.74, 6) is -3.02. The number of carbonyl (C=O) groups is 4. The summed E-state index contributed by atoms with van der Waals surface area (Å²) in [5.41, 5.74) is 0.388. The van der Waals surface area contributed by atoms with Crippen LogP contribution in [0.2, 0.25) is 0 Å². The minimum atomic E-state index is -1.66. The summed E-state index contributed by atoms with van der Waals surface area (Å²) in [6.45, 7) is 0. The summed E-state index contributed by atoms with van der Waals surface area (Å²) < 4.78 is 10.7. The number of benzene rings is 2. The number of esters is 2. The molecule has 0 unspecified atom stereocenters. The van der Waals surface area contributed by atoms with Crippen LogP contribution < -0.4 is 0 Å². The molecule has 0 aliphatic carbocycles. The molecular weight excluding hydrogens is 388 g/mol. The molecule has 0 N–H and O–H groups in total. The Morgan fingerprint density at radius 3 is 1.17 bits per heavy atom. The van der Waals surface area contributed by atoms with E-state index in [0.717, 1.165) is 9.80 Å². The topological polar surface area (TPSA) is 93.2 Å². The van der Waals surface area contributed by atoms with E-state index in [1.54, 1.807) is 36.4 Å². The molecular formula is C22H24N2O6. The van der Waals surface area contributed by atoms with Crippen LogP contribution in [0.15, 0.2) is 60.7 Å². The van der Waals surface area contributed by atoms with Gasteiger partial charge < -0.3 is 19.3 Å². The molecule has 2 aromatic carbocycles. The third kappa shape index (κ3) is 5.66. The number of nitrogens with zero attached hydrogens (tertiary/aromatic N) is 2. The molecule has 0 spiro atoms. The van der Waals surface area contributed by atoms with E-state index in [9.17, 15) is 19.2 Å². The van der Waals surface area contributed by atoms with Crippen LogP contribution in [-0.2, 0) is 19.1 Å². The van der Waals surface area contributed by atoms with Crippen molar-refractivity contribution < 1.29 is 28.7 Å². The number of hydrogen-bond donors (Lipinski definition) is 0. The fourth-order valence-corrected chi connectivity index (χ4v) is 2.51. The van der Waals surface area contributed by atoms with Gasteiger partial charge in [-0.1, -0.05) is 36.4 Å². The average Bonchev–Trinajstić information content (AvgIpc) is 2.75. The third-order valence-corrected chi connectivity index (χ3v) is 4.13. The van der Waals surface area contributed by atoms with E-state index in [-0.39, 0.29) is 11.1 Å². The van der Waals surface area contributed by atoms with Crippen LogP contribution in [-0.4, -0.2) is 74.0 Å². The predicted molar refractivity (Wildman–Crippen MR) is 109 cm³/mol. The molecule has 2 rings (SSSR count). The van der Waals surface area contributed by atoms with E-state index in [2.05, 4.69) is 0 Å². The summed E-state index contributed by atoms with van der Waals surface area (Å²) in [5, 5.41) is 0. The highest BCUT2D eigenvalue weighted by Gasteiger charge is 2.42. The Kier molecular flexibility index (Phi) is 7.69. The molecule has 2 aromatic rings. The summed E-state index contributed by atoms with van der Waals surface area (Å²) in [6, 6.07) is 16.0. The molecule has 0 aliphatic heterocycles. The van der Waals surface area contributed by atoms with Crippen LogP contribution >= 0.6 is 0 Å². The zero-order valence-electron chi connectivity index (χ0n) is 17.3. The molecule has 0 aliphatic rings. The van der Waals surface area contributed by atoms with Gasteiger partial charge in [-0.3, -0.25) is 9.59 Å². The Bertz CT molecular complexity index is 821. The fourth-order valence-electron chi connectivity index (χ4n) is 2.51. The first-order chi connectivity index (χ1) is 14.2. The van der Waals surface area contributed by atoms with Crippen molar-refractivity contribution in [1.82, 2.24) is 9.80 Å². The first kappa shape index (κ1) is 22.6. The molecule has 8 nitrogen and oxygen atoms in total. The van der Waals surface area contributed by atoms with Gasteiger partial charge in [-0.2, -0.15) is 0 Å². The Morgan fingerprint density at radius 1 is 0.600 bits per heavy atom. The van der Waals surface area contributed by atoms with Crippen molar-refractivity contribution in [2.75, 3.05) is 28.2 Å². The minimum absolute atomic E-state index is 0.194. The maximum absolute atomic E-state index is 12.8. The Hall–Kier alpha value is -3.68. The smallest absolute Gasteiger partial charge is 0.339 e. The quantitative estimate of drug-likeness (QED) is 0.642. The van der Waals surface area contributed by atoms with Crippen molar-refractivity contribution in [1.29, 1.82) is 0 Å². The van der Waals surface area contributed by atoms with Crippen LogP contribution in [0.5, 0.6) is 0 Å². The molecule has 0 saturated carbocycles. The standard InChI is InChI=1S/C22H24N2O6/c1-23(2)19(25)17(29-21(27)15-11-7-5-8-12-15)18(20(26)24(3)4)30-22(28)16-13-9-6-10-14-16/h5-14,17-18H,1-4H3/t17-,18-/m1/s1. The van der Waals surface area contributed by atoms with Crippen molar-refractivity contribution in [3.63, 3.8) is 0 Å². The minimum Gasteiger partial charge on any atom is -0.444 e. The SMILES string of the molecule is CN(C)C(=O)[C@H](OC(=O)c1ccccc1)[C@@H](OC(=O)c1ccccc1)C(=O)N(C)C. The summed E-state index contributed by atoms with van der Waals surface area (Å²) in [7, 11) is 5.79. The van der Waals surface area contributed by atoms with Gasteiger partial charge >= 0.3 is 11.9 Å². The van der Waals surface area contributed by atoms with Crippen LogP contribution in [0.4, 0.5) is 0 Å². The van der Waals surface area contributed by atoms with Crippen LogP contribution in [0.3, 0.4) is 0 Å². The first-order valence-electron chi connectivity index (χ1n) is 9.16. The van der Waals surface area contributed by atoms with E-state index >= 15 is 0 Å². The summed E-state index contributed by atoms with van der Waals surface area (Å²) >= 11 is 0. The molecule has 0 aromatic heterocycles. The van der Waals surface area contributed by atoms with Crippen molar-refractivity contribution >= 4 is 23.8 Å².